The van der Waals surface area contributed by atoms with Crippen molar-refractivity contribution in [2.24, 2.45) is 5.73 Å². The topological polar surface area (TPSA) is 85.1 Å². The number of hydrogen-bond acceptors (Lipinski definition) is 4. The van der Waals surface area contributed by atoms with Crippen LogP contribution in [0.4, 0.5) is 0 Å². The van der Waals surface area contributed by atoms with E-state index in [1.54, 1.807) is 12.1 Å². The van der Waals surface area contributed by atoms with E-state index in [1.807, 2.05) is 30.3 Å². The average Bonchev–Trinajstić information content (AvgIpc) is 2.48. The van der Waals surface area contributed by atoms with Crippen LogP contribution in [0.15, 0.2) is 48.7 Å². The standard InChI is InChI=1S/C14H16ClN3O2S.ClH/c15-14-7-6-11(8-17-14)10-21(19,20)18-9-13(16)12-4-2-1-3-5-12;/h1-8,13,18H,9-10,16H2;1H. The summed E-state index contributed by atoms with van der Waals surface area (Å²) in [7, 11) is -3.46. The molecule has 120 valence electrons. The molecule has 3 N–H and O–H groups in total. The maximum Gasteiger partial charge on any atom is 0.215 e. The number of benzene rings is 1. The van der Waals surface area contributed by atoms with E-state index in [-0.39, 0.29) is 30.7 Å². The minimum atomic E-state index is -3.46. The minimum Gasteiger partial charge on any atom is -0.323 e. The molecule has 0 aliphatic carbocycles. The first-order chi connectivity index (χ1) is 9.96. The molecule has 1 atom stereocenters. The van der Waals surface area contributed by atoms with E-state index in [0.29, 0.717) is 10.7 Å². The van der Waals surface area contributed by atoms with Crippen LogP contribution in [-0.4, -0.2) is 19.9 Å². The third-order valence-electron chi connectivity index (χ3n) is 2.90. The first-order valence-electron chi connectivity index (χ1n) is 6.34. The summed E-state index contributed by atoms with van der Waals surface area (Å²) in [5.74, 6) is -0.154. The molecule has 0 spiro atoms. The van der Waals surface area contributed by atoms with Crippen LogP contribution in [-0.2, 0) is 15.8 Å². The first kappa shape index (κ1) is 18.9. The Bertz CT molecular complexity index is 679. The van der Waals surface area contributed by atoms with Gasteiger partial charge in [0.2, 0.25) is 10.0 Å². The highest BCUT2D eigenvalue weighted by Gasteiger charge is 2.14. The van der Waals surface area contributed by atoms with Crippen LogP contribution < -0.4 is 10.5 Å². The Morgan fingerprint density at radius 1 is 1.18 bits per heavy atom. The van der Waals surface area contributed by atoms with Crippen LogP contribution in [0.1, 0.15) is 17.2 Å². The molecule has 2 aromatic rings. The van der Waals surface area contributed by atoms with Crippen LogP contribution in [0.3, 0.4) is 0 Å². The van der Waals surface area contributed by atoms with Gasteiger partial charge in [-0.3, -0.25) is 0 Å². The van der Waals surface area contributed by atoms with Crippen molar-refractivity contribution in [3.63, 3.8) is 0 Å². The van der Waals surface area contributed by atoms with E-state index in [1.165, 1.54) is 6.20 Å². The summed E-state index contributed by atoms with van der Waals surface area (Å²) in [5.41, 5.74) is 7.41. The summed E-state index contributed by atoms with van der Waals surface area (Å²) < 4.78 is 26.5. The lowest BCUT2D eigenvalue weighted by molar-refractivity contribution is 0.571. The predicted molar refractivity (Wildman–Crippen MR) is 90.5 cm³/mol. The van der Waals surface area contributed by atoms with Crippen molar-refractivity contribution >= 4 is 34.0 Å². The monoisotopic (exact) mass is 361 g/mol. The van der Waals surface area contributed by atoms with E-state index in [9.17, 15) is 8.42 Å². The number of nitrogens with one attached hydrogen (secondary N) is 1. The normalized spacial score (nSPS) is 12.5. The van der Waals surface area contributed by atoms with Crippen molar-refractivity contribution in [3.8, 4) is 0 Å². The lowest BCUT2D eigenvalue weighted by Gasteiger charge is -2.13. The van der Waals surface area contributed by atoms with Gasteiger partial charge in [-0.15, -0.1) is 12.4 Å². The second-order valence-electron chi connectivity index (χ2n) is 4.61. The third-order valence-corrected chi connectivity index (χ3v) is 4.44. The van der Waals surface area contributed by atoms with Crippen molar-refractivity contribution in [3.05, 3.63) is 64.9 Å². The van der Waals surface area contributed by atoms with Crippen LogP contribution in [0.25, 0.3) is 0 Å². The number of rotatable bonds is 6. The van der Waals surface area contributed by atoms with Gasteiger partial charge in [0.1, 0.15) is 5.15 Å². The SMILES string of the molecule is Cl.NC(CNS(=O)(=O)Cc1ccc(Cl)nc1)c1ccccc1. The zero-order chi connectivity index (χ0) is 15.3. The van der Waals surface area contributed by atoms with Gasteiger partial charge in [-0.05, 0) is 17.2 Å². The Morgan fingerprint density at radius 3 is 2.45 bits per heavy atom. The Balaban J connectivity index is 0.00000242. The van der Waals surface area contributed by atoms with Crippen LogP contribution in [0, 0.1) is 0 Å². The Kier molecular flexibility index (Phi) is 7.25. The third kappa shape index (κ3) is 5.90. The number of aromatic nitrogens is 1. The maximum atomic E-state index is 12.0. The summed E-state index contributed by atoms with van der Waals surface area (Å²) in [6.45, 7) is 0.146. The van der Waals surface area contributed by atoms with Gasteiger partial charge in [-0.25, -0.2) is 18.1 Å². The molecule has 0 bridgehead atoms. The van der Waals surface area contributed by atoms with E-state index in [0.717, 1.165) is 5.56 Å². The molecule has 0 saturated carbocycles. The highest BCUT2D eigenvalue weighted by atomic mass is 35.5. The van der Waals surface area contributed by atoms with E-state index < -0.39 is 10.0 Å². The first-order valence-corrected chi connectivity index (χ1v) is 8.37. The highest BCUT2D eigenvalue weighted by Crippen LogP contribution is 2.11. The fourth-order valence-corrected chi connectivity index (χ4v) is 3.05. The number of pyridine rings is 1. The molecule has 2 rings (SSSR count). The molecular formula is C14H17Cl2N3O2S. The molecule has 8 heteroatoms. The molecule has 1 aromatic carbocycles. The molecule has 0 amide bonds. The van der Waals surface area contributed by atoms with Crippen LogP contribution in [0.5, 0.6) is 0 Å². The van der Waals surface area contributed by atoms with E-state index in [4.69, 9.17) is 17.3 Å². The summed E-state index contributed by atoms with van der Waals surface area (Å²) in [4.78, 5) is 3.85. The lowest BCUT2D eigenvalue weighted by Crippen LogP contribution is -2.32. The quantitative estimate of drug-likeness (QED) is 0.772. The highest BCUT2D eigenvalue weighted by molar-refractivity contribution is 7.88. The molecular weight excluding hydrogens is 345 g/mol. The van der Waals surface area contributed by atoms with Gasteiger partial charge in [0, 0.05) is 18.8 Å². The molecule has 1 aromatic heterocycles. The van der Waals surface area contributed by atoms with E-state index in [2.05, 4.69) is 9.71 Å². The van der Waals surface area contributed by atoms with Gasteiger partial charge in [-0.1, -0.05) is 48.0 Å². The number of halogens is 2. The van der Waals surface area contributed by atoms with Crippen molar-refractivity contribution in [2.75, 3.05) is 6.54 Å². The summed E-state index contributed by atoms with van der Waals surface area (Å²) in [6, 6.07) is 12.1. The van der Waals surface area contributed by atoms with Gasteiger partial charge in [-0.2, -0.15) is 0 Å². The fraction of sp³-hybridized carbons (Fsp3) is 0.214. The summed E-state index contributed by atoms with van der Waals surface area (Å²) in [6.07, 6.45) is 1.44. The van der Waals surface area contributed by atoms with Gasteiger partial charge < -0.3 is 5.73 Å². The fourth-order valence-electron chi connectivity index (χ4n) is 1.80. The molecule has 5 nitrogen and oxygen atoms in total. The van der Waals surface area contributed by atoms with Crippen molar-refractivity contribution in [1.29, 1.82) is 0 Å². The van der Waals surface area contributed by atoms with E-state index >= 15 is 0 Å². The molecule has 0 saturated heterocycles. The zero-order valence-corrected chi connectivity index (χ0v) is 14.0. The average molecular weight is 362 g/mol. The summed E-state index contributed by atoms with van der Waals surface area (Å²) >= 11 is 5.66. The lowest BCUT2D eigenvalue weighted by atomic mass is 10.1. The van der Waals surface area contributed by atoms with Gasteiger partial charge in [0.05, 0.1) is 5.75 Å². The largest absolute Gasteiger partial charge is 0.323 e. The number of hydrogen-bond donors (Lipinski definition) is 2. The van der Waals surface area contributed by atoms with Crippen molar-refractivity contribution in [2.45, 2.75) is 11.8 Å². The number of nitrogens with two attached hydrogens (primary N) is 1. The zero-order valence-electron chi connectivity index (χ0n) is 11.6. The Hall–Kier alpha value is -1.18. The molecule has 0 aliphatic heterocycles. The Morgan fingerprint density at radius 2 is 1.86 bits per heavy atom. The molecule has 0 radical (unpaired) electrons. The molecule has 1 unspecified atom stereocenters. The molecule has 0 fully saturated rings. The number of nitrogens with zero attached hydrogens (tertiary/aromatic N) is 1. The smallest absolute Gasteiger partial charge is 0.215 e. The number of sulfonamides is 1. The minimum absolute atomic E-state index is 0. The Labute approximate surface area is 141 Å². The second-order valence-corrected chi connectivity index (χ2v) is 6.81. The predicted octanol–water partition coefficient (Wildman–Crippen LogP) is 2.28. The molecule has 1 heterocycles. The molecule has 0 aliphatic rings. The summed E-state index contributed by atoms with van der Waals surface area (Å²) in [5, 5.41) is 0.329. The van der Waals surface area contributed by atoms with Crippen LogP contribution in [0.2, 0.25) is 5.15 Å². The van der Waals surface area contributed by atoms with Gasteiger partial charge in [0.25, 0.3) is 0 Å². The van der Waals surface area contributed by atoms with Crippen molar-refractivity contribution < 1.29 is 8.42 Å². The van der Waals surface area contributed by atoms with Gasteiger partial charge >= 0.3 is 0 Å². The second kappa shape index (κ2) is 8.45. The molecule has 22 heavy (non-hydrogen) atoms. The van der Waals surface area contributed by atoms with Gasteiger partial charge in [0.15, 0.2) is 0 Å². The maximum absolute atomic E-state index is 12.0. The van der Waals surface area contributed by atoms with Crippen LogP contribution >= 0.6 is 24.0 Å². The van der Waals surface area contributed by atoms with Crippen molar-refractivity contribution in [1.82, 2.24) is 9.71 Å².